The van der Waals surface area contributed by atoms with Crippen molar-refractivity contribution in [3.05, 3.63) is 4.91 Å². The standard InChI is InChI=1S/C12H26ClN3O2Si/c1-4-19(5-2,6-3)11-7-9-14-12(17)16(15-18)10-8-13/h4-11H2,1-3H3,(H,14,17). The fourth-order valence-corrected chi connectivity index (χ4v) is 5.94. The van der Waals surface area contributed by atoms with Crippen LogP contribution in [0.15, 0.2) is 5.29 Å². The number of halogens is 1. The maximum atomic E-state index is 11.6. The van der Waals surface area contributed by atoms with E-state index in [1.807, 2.05) is 0 Å². The van der Waals surface area contributed by atoms with Gasteiger partial charge in [-0.1, -0.05) is 44.9 Å². The number of nitrogens with zero attached hydrogens (tertiary/aromatic N) is 2. The molecule has 0 aromatic heterocycles. The second-order valence-electron chi connectivity index (χ2n) is 4.79. The molecule has 0 bridgehead atoms. The first-order valence-electron chi connectivity index (χ1n) is 7.03. The van der Waals surface area contributed by atoms with Crippen molar-refractivity contribution in [2.45, 2.75) is 51.4 Å². The fraction of sp³-hybridized carbons (Fsp3) is 0.917. The minimum Gasteiger partial charge on any atom is -0.336 e. The molecule has 112 valence electrons. The molecule has 0 aliphatic rings. The van der Waals surface area contributed by atoms with Crippen molar-refractivity contribution in [1.82, 2.24) is 10.3 Å². The second-order valence-corrected chi connectivity index (χ2v) is 10.8. The number of rotatable bonds is 10. The topological polar surface area (TPSA) is 61.8 Å². The molecule has 0 saturated heterocycles. The van der Waals surface area contributed by atoms with Crippen molar-refractivity contribution < 1.29 is 4.79 Å². The van der Waals surface area contributed by atoms with Crippen molar-refractivity contribution >= 4 is 25.7 Å². The maximum Gasteiger partial charge on any atom is 0.340 e. The van der Waals surface area contributed by atoms with E-state index in [1.54, 1.807) is 0 Å². The summed E-state index contributed by atoms with van der Waals surface area (Å²) in [4.78, 5) is 22.0. The highest BCUT2D eigenvalue weighted by atomic mass is 35.5. The Hall–Kier alpha value is -0.623. The lowest BCUT2D eigenvalue weighted by Crippen LogP contribution is -2.39. The molecule has 0 saturated carbocycles. The van der Waals surface area contributed by atoms with E-state index in [0.29, 0.717) is 6.54 Å². The minimum atomic E-state index is -1.11. The number of urea groups is 1. The summed E-state index contributed by atoms with van der Waals surface area (Å²) in [5.41, 5.74) is 0. The summed E-state index contributed by atoms with van der Waals surface area (Å²) < 4.78 is 0. The van der Waals surface area contributed by atoms with Crippen molar-refractivity contribution in [3.8, 4) is 0 Å². The molecular formula is C12H26ClN3O2Si. The number of nitrogens with one attached hydrogen (secondary N) is 1. The molecule has 0 aliphatic carbocycles. The average Bonchev–Trinajstić information content (AvgIpc) is 2.45. The number of hydrogen-bond donors (Lipinski definition) is 1. The molecule has 0 fully saturated rings. The van der Waals surface area contributed by atoms with Crippen LogP contribution in [0.5, 0.6) is 0 Å². The molecule has 0 atom stereocenters. The molecule has 0 radical (unpaired) electrons. The van der Waals surface area contributed by atoms with E-state index in [-0.39, 0.29) is 12.4 Å². The lowest BCUT2D eigenvalue weighted by atomic mass is 10.5. The highest BCUT2D eigenvalue weighted by molar-refractivity contribution is 6.79. The molecule has 2 amide bonds. The number of carbonyl (C=O) groups is 1. The lowest BCUT2D eigenvalue weighted by Gasteiger charge is -2.28. The van der Waals surface area contributed by atoms with Gasteiger partial charge in [-0.25, -0.2) is 4.79 Å². The van der Waals surface area contributed by atoms with E-state index >= 15 is 0 Å². The average molecular weight is 308 g/mol. The third kappa shape index (κ3) is 6.38. The van der Waals surface area contributed by atoms with Gasteiger partial charge in [-0.2, -0.15) is 5.01 Å². The van der Waals surface area contributed by atoms with Crippen LogP contribution in [0.3, 0.4) is 0 Å². The Kier molecular flexibility index (Phi) is 9.86. The van der Waals surface area contributed by atoms with E-state index in [9.17, 15) is 9.70 Å². The summed E-state index contributed by atoms with van der Waals surface area (Å²) in [6.45, 7) is 7.57. The second kappa shape index (κ2) is 10.2. The summed E-state index contributed by atoms with van der Waals surface area (Å²) in [5.74, 6) is 0.205. The van der Waals surface area contributed by atoms with Gasteiger partial charge in [0.2, 0.25) is 0 Å². The SMILES string of the molecule is CC[Si](CC)(CC)CCCNC(=O)N(CCCl)N=O. The quantitative estimate of drug-likeness (QED) is 0.219. The van der Waals surface area contributed by atoms with Crippen LogP contribution < -0.4 is 5.32 Å². The van der Waals surface area contributed by atoms with E-state index in [4.69, 9.17) is 11.6 Å². The van der Waals surface area contributed by atoms with E-state index in [1.165, 1.54) is 24.2 Å². The molecule has 0 unspecified atom stereocenters. The summed E-state index contributed by atoms with van der Waals surface area (Å²) in [6, 6.07) is 4.65. The van der Waals surface area contributed by atoms with Crippen LogP contribution in [0.25, 0.3) is 0 Å². The molecule has 0 aromatic rings. The van der Waals surface area contributed by atoms with Crippen LogP contribution in [-0.4, -0.2) is 38.1 Å². The zero-order chi connectivity index (χ0) is 14.7. The molecule has 7 heteroatoms. The zero-order valence-corrected chi connectivity index (χ0v) is 14.0. The van der Waals surface area contributed by atoms with Crippen LogP contribution in [-0.2, 0) is 0 Å². The van der Waals surface area contributed by atoms with E-state index < -0.39 is 14.1 Å². The van der Waals surface area contributed by atoms with Gasteiger partial charge in [0.25, 0.3) is 0 Å². The van der Waals surface area contributed by atoms with Crippen molar-refractivity contribution in [2.24, 2.45) is 5.29 Å². The number of hydrogen-bond acceptors (Lipinski definition) is 3. The van der Waals surface area contributed by atoms with Crippen LogP contribution in [0.1, 0.15) is 27.2 Å². The van der Waals surface area contributed by atoms with E-state index in [2.05, 4.69) is 31.4 Å². The first kappa shape index (κ1) is 18.4. The predicted octanol–water partition coefficient (Wildman–Crippen LogP) is 3.82. The Morgan fingerprint density at radius 3 is 2.26 bits per heavy atom. The molecule has 5 nitrogen and oxygen atoms in total. The number of alkyl halides is 1. The maximum absolute atomic E-state index is 11.6. The van der Waals surface area contributed by atoms with Crippen LogP contribution >= 0.6 is 11.6 Å². The van der Waals surface area contributed by atoms with Crippen LogP contribution in [0.2, 0.25) is 24.2 Å². The Labute approximate surface area is 122 Å². The van der Waals surface area contributed by atoms with Gasteiger partial charge in [0.15, 0.2) is 0 Å². The van der Waals surface area contributed by atoms with Gasteiger partial charge >= 0.3 is 6.03 Å². The van der Waals surface area contributed by atoms with Crippen molar-refractivity contribution in [1.29, 1.82) is 0 Å². The van der Waals surface area contributed by atoms with Crippen LogP contribution in [0.4, 0.5) is 4.79 Å². The molecular weight excluding hydrogens is 282 g/mol. The Morgan fingerprint density at radius 2 is 1.84 bits per heavy atom. The van der Waals surface area contributed by atoms with E-state index in [0.717, 1.165) is 11.4 Å². The predicted molar refractivity (Wildman–Crippen MR) is 83.2 cm³/mol. The van der Waals surface area contributed by atoms with Gasteiger partial charge in [-0.15, -0.1) is 16.5 Å². The zero-order valence-electron chi connectivity index (χ0n) is 12.2. The Bertz CT molecular complexity index is 267. The summed E-state index contributed by atoms with van der Waals surface area (Å²) in [6.07, 6.45) is 0.973. The molecule has 0 rings (SSSR count). The van der Waals surface area contributed by atoms with Gasteiger partial charge in [-0.3, -0.25) is 0 Å². The van der Waals surface area contributed by atoms with Gasteiger partial charge in [0.1, 0.15) is 0 Å². The molecule has 19 heavy (non-hydrogen) atoms. The first-order chi connectivity index (χ1) is 9.09. The van der Waals surface area contributed by atoms with Crippen molar-refractivity contribution in [3.63, 3.8) is 0 Å². The first-order valence-corrected chi connectivity index (χ1v) is 10.4. The fourth-order valence-electron chi connectivity index (χ4n) is 2.29. The summed E-state index contributed by atoms with van der Waals surface area (Å²) in [5, 5.41) is 6.20. The number of carbonyl (C=O) groups excluding carboxylic acids is 1. The van der Waals surface area contributed by atoms with Gasteiger partial charge < -0.3 is 5.32 Å². The monoisotopic (exact) mass is 307 g/mol. The molecule has 1 N–H and O–H groups in total. The third-order valence-electron chi connectivity index (χ3n) is 4.04. The van der Waals surface area contributed by atoms with Gasteiger partial charge in [0, 0.05) is 12.4 Å². The Balaban J connectivity index is 4.02. The highest BCUT2D eigenvalue weighted by Gasteiger charge is 2.25. The van der Waals surface area contributed by atoms with Crippen molar-refractivity contribution in [2.75, 3.05) is 19.0 Å². The normalized spacial score (nSPS) is 11.2. The van der Waals surface area contributed by atoms with Crippen LogP contribution in [0, 0.1) is 4.91 Å². The third-order valence-corrected chi connectivity index (χ3v) is 10.1. The molecule has 0 aromatic carbocycles. The molecule has 0 heterocycles. The molecule has 0 aliphatic heterocycles. The minimum absolute atomic E-state index is 0.147. The number of nitroso groups, excluding NO2 is 1. The highest BCUT2D eigenvalue weighted by Crippen LogP contribution is 2.26. The number of amides is 2. The lowest BCUT2D eigenvalue weighted by molar-refractivity contribution is 0.202. The smallest absolute Gasteiger partial charge is 0.336 e. The van der Waals surface area contributed by atoms with Gasteiger partial charge in [0.05, 0.1) is 19.9 Å². The summed E-state index contributed by atoms with van der Waals surface area (Å²) >= 11 is 5.48. The summed E-state index contributed by atoms with van der Waals surface area (Å²) in [7, 11) is -1.11. The molecule has 0 spiro atoms. The van der Waals surface area contributed by atoms with Gasteiger partial charge in [-0.05, 0) is 6.42 Å². The Morgan fingerprint density at radius 1 is 1.26 bits per heavy atom. The largest absolute Gasteiger partial charge is 0.340 e.